The minimum Gasteiger partial charge on any atom is -0.434 e. The van der Waals surface area contributed by atoms with Gasteiger partial charge in [0.25, 0.3) is 5.91 Å². The SMILES string of the molecule is O=C1C[C@H](NC(=O)[C@@H]2CC[C@@H]3CCCC[C@H](NC(=O)c4nccc5ccccc45)C(=O)N32)C(O)O1. The van der Waals surface area contributed by atoms with Crippen LogP contribution in [0.2, 0.25) is 0 Å². The summed E-state index contributed by atoms with van der Waals surface area (Å²) in [7, 11) is 0. The minimum absolute atomic E-state index is 0.0972. The molecule has 35 heavy (non-hydrogen) atoms. The molecule has 0 saturated carbocycles. The molecule has 1 aromatic carbocycles. The molecule has 0 radical (unpaired) electrons. The van der Waals surface area contributed by atoms with Gasteiger partial charge in [-0.05, 0) is 37.1 Å². The topological polar surface area (TPSA) is 138 Å². The van der Waals surface area contributed by atoms with Gasteiger partial charge in [0.1, 0.15) is 23.8 Å². The Bertz CT molecular complexity index is 1160. The molecule has 3 saturated heterocycles. The molecule has 1 aromatic heterocycles. The first-order valence-corrected chi connectivity index (χ1v) is 12.1. The van der Waals surface area contributed by atoms with Crippen molar-refractivity contribution in [1.82, 2.24) is 20.5 Å². The van der Waals surface area contributed by atoms with Crippen molar-refractivity contribution in [3.05, 3.63) is 42.2 Å². The van der Waals surface area contributed by atoms with Gasteiger partial charge in [-0.3, -0.25) is 24.2 Å². The number of hydrogen-bond acceptors (Lipinski definition) is 7. The number of aromatic nitrogens is 1. The number of carbonyl (C=O) groups excluding carboxylic acids is 4. The van der Waals surface area contributed by atoms with Gasteiger partial charge in [-0.25, -0.2) is 0 Å². The molecule has 0 aliphatic carbocycles. The van der Waals surface area contributed by atoms with Crippen LogP contribution in [0.4, 0.5) is 0 Å². The zero-order valence-corrected chi connectivity index (χ0v) is 19.2. The summed E-state index contributed by atoms with van der Waals surface area (Å²) in [5.41, 5.74) is 0.255. The summed E-state index contributed by atoms with van der Waals surface area (Å²) in [6.07, 6.45) is 4.13. The zero-order chi connectivity index (χ0) is 24.5. The van der Waals surface area contributed by atoms with Crippen LogP contribution in [-0.4, -0.2) is 69.1 Å². The summed E-state index contributed by atoms with van der Waals surface area (Å²) >= 11 is 0. The van der Waals surface area contributed by atoms with Crippen LogP contribution >= 0.6 is 0 Å². The summed E-state index contributed by atoms with van der Waals surface area (Å²) in [5.74, 6) is -1.73. The predicted molar refractivity (Wildman–Crippen MR) is 124 cm³/mol. The average molecular weight is 481 g/mol. The maximum absolute atomic E-state index is 13.7. The Labute approximate surface area is 202 Å². The number of ether oxygens (including phenoxy) is 1. The molecule has 4 heterocycles. The molecule has 5 rings (SSSR count). The van der Waals surface area contributed by atoms with Crippen molar-refractivity contribution in [3.63, 3.8) is 0 Å². The predicted octanol–water partition coefficient (Wildman–Crippen LogP) is 1.02. The van der Waals surface area contributed by atoms with E-state index in [1.54, 1.807) is 11.1 Å². The fraction of sp³-hybridized carbons (Fsp3) is 0.480. The van der Waals surface area contributed by atoms with Crippen LogP contribution in [0.1, 0.15) is 55.4 Å². The lowest BCUT2D eigenvalue weighted by atomic mass is 9.98. The first-order chi connectivity index (χ1) is 16.9. The van der Waals surface area contributed by atoms with E-state index in [0.29, 0.717) is 24.6 Å². The largest absolute Gasteiger partial charge is 0.434 e. The minimum atomic E-state index is -1.40. The van der Waals surface area contributed by atoms with Gasteiger partial charge in [0.15, 0.2) is 0 Å². The first kappa shape index (κ1) is 23.2. The van der Waals surface area contributed by atoms with Gasteiger partial charge in [-0.15, -0.1) is 0 Å². The highest BCUT2D eigenvalue weighted by Crippen LogP contribution is 2.32. The third-order valence-corrected chi connectivity index (χ3v) is 7.14. The van der Waals surface area contributed by atoms with Gasteiger partial charge in [0, 0.05) is 17.6 Å². The van der Waals surface area contributed by atoms with Crippen LogP contribution in [0.3, 0.4) is 0 Å². The Morgan fingerprint density at radius 3 is 2.63 bits per heavy atom. The van der Waals surface area contributed by atoms with E-state index in [4.69, 9.17) is 4.74 Å². The number of amides is 3. The number of cyclic esters (lactones) is 1. The van der Waals surface area contributed by atoms with E-state index in [2.05, 4.69) is 15.6 Å². The molecule has 3 aliphatic rings. The van der Waals surface area contributed by atoms with Crippen molar-refractivity contribution in [2.75, 3.05) is 0 Å². The van der Waals surface area contributed by atoms with Crippen molar-refractivity contribution in [1.29, 1.82) is 0 Å². The Morgan fingerprint density at radius 2 is 1.83 bits per heavy atom. The van der Waals surface area contributed by atoms with Crippen LogP contribution in [-0.2, 0) is 19.1 Å². The van der Waals surface area contributed by atoms with Crippen LogP contribution in [0, 0.1) is 0 Å². The number of nitrogens with one attached hydrogen (secondary N) is 2. The molecule has 0 bridgehead atoms. The highest BCUT2D eigenvalue weighted by Gasteiger charge is 2.45. The molecule has 0 spiro atoms. The van der Waals surface area contributed by atoms with E-state index in [1.807, 2.05) is 30.3 Å². The Hall–Kier alpha value is -3.53. The second kappa shape index (κ2) is 9.61. The summed E-state index contributed by atoms with van der Waals surface area (Å²) in [5, 5.41) is 17.0. The highest BCUT2D eigenvalue weighted by molar-refractivity contribution is 6.06. The number of nitrogens with zero attached hydrogens (tertiary/aromatic N) is 2. The maximum atomic E-state index is 13.7. The van der Waals surface area contributed by atoms with Crippen molar-refractivity contribution >= 4 is 34.5 Å². The third-order valence-electron chi connectivity index (χ3n) is 7.14. The summed E-state index contributed by atoms with van der Waals surface area (Å²) in [4.78, 5) is 57.2. The van der Waals surface area contributed by atoms with Crippen LogP contribution < -0.4 is 10.6 Å². The van der Waals surface area contributed by atoms with E-state index in [-0.39, 0.29) is 24.1 Å². The van der Waals surface area contributed by atoms with E-state index in [0.717, 1.165) is 24.6 Å². The standard InChI is InChI=1S/C25H28N4O6/c30-20-13-18(25(34)35-20)28-22(31)19-10-9-15-6-2-4-8-17(24(33)29(15)19)27-23(32)21-16-7-3-1-5-14(16)11-12-26-21/h1,3,5,7,11-12,15,17-19,25,34H,2,4,6,8-10,13H2,(H,27,32)(H,28,31)/t15-,17-,18-,19-,25?/m0/s1. The van der Waals surface area contributed by atoms with Crippen LogP contribution in [0.25, 0.3) is 10.8 Å². The van der Waals surface area contributed by atoms with E-state index >= 15 is 0 Å². The van der Waals surface area contributed by atoms with E-state index in [9.17, 15) is 24.3 Å². The van der Waals surface area contributed by atoms with E-state index < -0.39 is 42.2 Å². The molecule has 1 unspecified atom stereocenters. The van der Waals surface area contributed by atoms with Crippen molar-refractivity contribution in [2.24, 2.45) is 0 Å². The molecule has 10 nitrogen and oxygen atoms in total. The molecular formula is C25H28N4O6. The number of pyridine rings is 1. The number of aliphatic hydroxyl groups is 1. The van der Waals surface area contributed by atoms with Crippen LogP contribution in [0.5, 0.6) is 0 Å². The number of benzene rings is 1. The Balaban J connectivity index is 1.34. The van der Waals surface area contributed by atoms with Crippen LogP contribution in [0.15, 0.2) is 36.5 Å². The lowest BCUT2D eigenvalue weighted by Gasteiger charge is -2.35. The first-order valence-electron chi connectivity index (χ1n) is 12.1. The monoisotopic (exact) mass is 480 g/mol. The van der Waals surface area contributed by atoms with Gasteiger partial charge < -0.3 is 25.4 Å². The molecule has 3 aliphatic heterocycles. The van der Waals surface area contributed by atoms with Crippen molar-refractivity contribution in [2.45, 2.75) is 75.4 Å². The van der Waals surface area contributed by atoms with E-state index in [1.165, 1.54) is 0 Å². The molecule has 3 amide bonds. The van der Waals surface area contributed by atoms with Gasteiger partial charge in [-0.1, -0.05) is 37.1 Å². The fourth-order valence-corrected chi connectivity index (χ4v) is 5.40. The smallest absolute Gasteiger partial charge is 0.310 e. The normalized spacial score (nSPS) is 28.7. The number of hydrogen-bond donors (Lipinski definition) is 3. The maximum Gasteiger partial charge on any atom is 0.310 e. The molecule has 2 aromatic rings. The third kappa shape index (κ3) is 4.58. The molecule has 10 heteroatoms. The summed E-state index contributed by atoms with van der Waals surface area (Å²) < 4.78 is 4.70. The molecule has 184 valence electrons. The molecule has 3 N–H and O–H groups in total. The molecule has 5 atom stereocenters. The Kier molecular flexibility index (Phi) is 6.38. The number of carbonyl (C=O) groups is 4. The van der Waals surface area contributed by atoms with Gasteiger partial charge in [0.2, 0.25) is 18.1 Å². The summed E-state index contributed by atoms with van der Waals surface area (Å²) in [6.45, 7) is 0. The fourth-order valence-electron chi connectivity index (χ4n) is 5.40. The van der Waals surface area contributed by atoms with Gasteiger partial charge in [-0.2, -0.15) is 0 Å². The lowest BCUT2D eigenvalue weighted by molar-refractivity contribution is -0.155. The van der Waals surface area contributed by atoms with Gasteiger partial charge in [0.05, 0.1) is 6.42 Å². The van der Waals surface area contributed by atoms with Gasteiger partial charge >= 0.3 is 5.97 Å². The summed E-state index contributed by atoms with van der Waals surface area (Å²) in [6, 6.07) is 6.81. The quantitative estimate of drug-likeness (QED) is 0.556. The average Bonchev–Trinajstić information content (AvgIpc) is 3.40. The highest BCUT2D eigenvalue weighted by atomic mass is 16.6. The number of esters is 1. The Morgan fingerprint density at radius 1 is 1.03 bits per heavy atom. The lowest BCUT2D eigenvalue weighted by Crippen LogP contribution is -2.57. The molecular weight excluding hydrogens is 452 g/mol. The second-order valence-corrected chi connectivity index (χ2v) is 9.38. The number of aliphatic hydroxyl groups excluding tert-OH is 1. The zero-order valence-electron chi connectivity index (χ0n) is 19.2. The second-order valence-electron chi connectivity index (χ2n) is 9.38. The van der Waals surface area contributed by atoms with Crippen molar-refractivity contribution in [3.8, 4) is 0 Å². The number of rotatable bonds is 4. The number of fused-ring (bicyclic) bond motifs is 2. The van der Waals surface area contributed by atoms with Crippen molar-refractivity contribution < 1.29 is 29.0 Å². The molecule has 3 fully saturated rings.